The minimum absolute atomic E-state index is 0.160. The normalized spacial score (nSPS) is 12.4. The van der Waals surface area contributed by atoms with E-state index >= 15 is 0 Å². The summed E-state index contributed by atoms with van der Waals surface area (Å²) in [6.07, 6.45) is -1.83. The molecule has 1 heterocycles. The Labute approximate surface area is 123 Å². The molecule has 1 rings (SSSR count). The van der Waals surface area contributed by atoms with Crippen LogP contribution in [0.5, 0.6) is 5.88 Å². The van der Waals surface area contributed by atoms with Crippen LogP contribution in [0.15, 0.2) is 17.6 Å². The lowest BCUT2D eigenvalue weighted by Crippen LogP contribution is -2.14. The maximum absolute atomic E-state index is 12.6. The predicted octanol–water partition coefficient (Wildman–Crippen LogP) is 2.04. The van der Waals surface area contributed by atoms with Gasteiger partial charge in [-0.1, -0.05) is 5.16 Å². The SMILES string of the molecule is CC=NOc1nc(C(F)(F)F)ncc1/C(=C\OC)C(=O)OC. The van der Waals surface area contributed by atoms with Gasteiger partial charge in [0, 0.05) is 12.4 Å². The Balaban J connectivity index is 3.44. The number of hydrogen-bond donors (Lipinski definition) is 0. The third-order valence-electron chi connectivity index (χ3n) is 2.18. The Morgan fingerprint density at radius 3 is 2.55 bits per heavy atom. The van der Waals surface area contributed by atoms with Crippen LogP contribution in [0.3, 0.4) is 0 Å². The second-order valence-corrected chi connectivity index (χ2v) is 3.62. The van der Waals surface area contributed by atoms with Gasteiger partial charge in [0.1, 0.15) is 5.57 Å². The fourth-order valence-corrected chi connectivity index (χ4v) is 1.31. The maximum atomic E-state index is 12.6. The lowest BCUT2D eigenvalue weighted by atomic mass is 10.1. The molecule has 0 aromatic carbocycles. The number of carbonyl (C=O) groups is 1. The molecule has 0 bridgehead atoms. The summed E-state index contributed by atoms with van der Waals surface area (Å²) in [7, 11) is 2.35. The van der Waals surface area contributed by atoms with E-state index in [1.807, 2.05) is 0 Å². The summed E-state index contributed by atoms with van der Waals surface area (Å²) >= 11 is 0. The van der Waals surface area contributed by atoms with Crippen molar-refractivity contribution in [1.29, 1.82) is 0 Å². The molecule has 0 fully saturated rings. The summed E-state index contributed by atoms with van der Waals surface area (Å²) in [5, 5.41) is 3.35. The second-order valence-electron chi connectivity index (χ2n) is 3.62. The van der Waals surface area contributed by atoms with Gasteiger partial charge in [0.05, 0.1) is 26.0 Å². The van der Waals surface area contributed by atoms with Crippen molar-refractivity contribution in [2.45, 2.75) is 13.1 Å². The van der Waals surface area contributed by atoms with Crippen molar-refractivity contribution < 1.29 is 32.3 Å². The highest BCUT2D eigenvalue weighted by Gasteiger charge is 2.36. The molecule has 0 unspecified atom stereocenters. The van der Waals surface area contributed by atoms with Gasteiger partial charge in [-0.05, 0) is 6.92 Å². The van der Waals surface area contributed by atoms with Crippen LogP contribution in [0.25, 0.3) is 5.57 Å². The Kier molecular flexibility index (Phi) is 5.84. The van der Waals surface area contributed by atoms with E-state index in [1.165, 1.54) is 20.2 Å². The molecule has 22 heavy (non-hydrogen) atoms. The van der Waals surface area contributed by atoms with Crippen molar-refractivity contribution in [3.8, 4) is 5.88 Å². The highest BCUT2D eigenvalue weighted by molar-refractivity contribution is 6.16. The first-order valence-corrected chi connectivity index (χ1v) is 5.76. The van der Waals surface area contributed by atoms with Crippen molar-refractivity contribution in [2.75, 3.05) is 14.2 Å². The van der Waals surface area contributed by atoms with E-state index in [2.05, 4.69) is 19.9 Å². The molecule has 120 valence electrons. The number of aromatic nitrogens is 2. The number of ether oxygens (including phenoxy) is 2. The molecule has 0 N–H and O–H groups in total. The topological polar surface area (TPSA) is 82.9 Å². The monoisotopic (exact) mass is 319 g/mol. The molecule has 0 spiro atoms. The van der Waals surface area contributed by atoms with Crippen molar-refractivity contribution in [3.05, 3.63) is 23.8 Å². The minimum atomic E-state index is -4.77. The van der Waals surface area contributed by atoms with Crippen molar-refractivity contribution in [3.63, 3.8) is 0 Å². The number of alkyl halides is 3. The van der Waals surface area contributed by atoms with E-state index in [4.69, 9.17) is 9.57 Å². The van der Waals surface area contributed by atoms with Gasteiger partial charge < -0.3 is 14.3 Å². The number of oxime groups is 1. The second kappa shape index (κ2) is 7.38. The van der Waals surface area contributed by atoms with Gasteiger partial charge in [-0.15, -0.1) is 0 Å². The number of rotatable bonds is 5. The zero-order valence-electron chi connectivity index (χ0n) is 11.8. The van der Waals surface area contributed by atoms with E-state index in [9.17, 15) is 18.0 Å². The van der Waals surface area contributed by atoms with Gasteiger partial charge in [-0.3, -0.25) is 0 Å². The molecule has 0 radical (unpaired) electrons. The van der Waals surface area contributed by atoms with E-state index in [-0.39, 0.29) is 11.1 Å². The summed E-state index contributed by atoms with van der Waals surface area (Å²) < 4.78 is 47.2. The first kappa shape index (κ1) is 17.4. The lowest BCUT2D eigenvalue weighted by molar-refractivity contribution is -0.145. The highest BCUT2D eigenvalue weighted by Crippen LogP contribution is 2.31. The van der Waals surface area contributed by atoms with Gasteiger partial charge in [-0.2, -0.15) is 18.2 Å². The van der Waals surface area contributed by atoms with Crippen LogP contribution in [0.4, 0.5) is 13.2 Å². The van der Waals surface area contributed by atoms with E-state index in [0.717, 1.165) is 19.6 Å². The summed E-state index contributed by atoms with van der Waals surface area (Å²) in [5.41, 5.74) is -0.382. The molecule has 0 amide bonds. The molecule has 0 saturated carbocycles. The Bertz CT molecular complexity index is 600. The molecule has 0 aliphatic rings. The quantitative estimate of drug-likeness (QED) is 0.271. The molecular weight excluding hydrogens is 307 g/mol. The van der Waals surface area contributed by atoms with Crippen LogP contribution in [-0.4, -0.2) is 36.4 Å². The highest BCUT2D eigenvalue weighted by atomic mass is 19.4. The smallest absolute Gasteiger partial charge is 0.451 e. The fraction of sp³-hybridized carbons (Fsp3) is 0.333. The first-order chi connectivity index (χ1) is 10.3. The molecule has 0 aliphatic heterocycles. The average Bonchev–Trinajstić information content (AvgIpc) is 2.48. The Morgan fingerprint density at radius 1 is 1.36 bits per heavy atom. The van der Waals surface area contributed by atoms with Crippen LogP contribution in [0, 0.1) is 0 Å². The van der Waals surface area contributed by atoms with Crippen molar-refractivity contribution in [1.82, 2.24) is 9.97 Å². The summed E-state index contributed by atoms with van der Waals surface area (Å²) in [4.78, 5) is 22.8. The molecule has 0 aliphatic carbocycles. The molecule has 1 aromatic heterocycles. The van der Waals surface area contributed by atoms with Gasteiger partial charge in [-0.25, -0.2) is 9.78 Å². The third kappa shape index (κ3) is 4.17. The van der Waals surface area contributed by atoms with Crippen LogP contribution < -0.4 is 4.84 Å². The minimum Gasteiger partial charge on any atom is -0.503 e. The third-order valence-corrected chi connectivity index (χ3v) is 2.18. The number of esters is 1. The number of halogens is 3. The molecule has 1 aromatic rings. The summed E-state index contributed by atoms with van der Waals surface area (Å²) in [6.45, 7) is 1.48. The predicted molar refractivity (Wildman–Crippen MR) is 68.8 cm³/mol. The molecule has 0 saturated heterocycles. The van der Waals surface area contributed by atoms with Crippen LogP contribution >= 0.6 is 0 Å². The molecular formula is C12H12F3N3O4. The standard InChI is InChI=1S/C12H12F3N3O4/c1-4-17-22-9-7(8(6-20-2)10(19)21-3)5-16-11(18-9)12(13,14)15/h4-6H,1-3H3/b8-6+,17-4?. The zero-order chi connectivity index (χ0) is 16.8. The van der Waals surface area contributed by atoms with Gasteiger partial charge in [0.2, 0.25) is 5.82 Å². The van der Waals surface area contributed by atoms with Gasteiger partial charge in [0.25, 0.3) is 5.88 Å². The zero-order valence-corrected chi connectivity index (χ0v) is 11.8. The van der Waals surface area contributed by atoms with Crippen LogP contribution in [-0.2, 0) is 20.4 Å². The lowest BCUT2D eigenvalue weighted by Gasteiger charge is -2.11. The Morgan fingerprint density at radius 2 is 2.05 bits per heavy atom. The number of nitrogens with zero attached hydrogens (tertiary/aromatic N) is 3. The Hall–Kier alpha value is -2.65. The van der Waals surface area contributed by atoms with Crippen molar-refractivity contribution >= 4 is 17.8 Å². The van der Waals surface area contributed by atoms with E-state index in [0.29, 0.717) is 0 Å². The number of carbonyl (C=O) groups excluding carboxylic acids is 1. The number of methoxy groups -OCH3 is 2. The summed E-state index contributed by atoms with van der Waals surface area (Å²) in [5.74, 6) is -2.86. The molecule has 7 nitrogen and oxygen atoms in total. The fourth-order valence-electron chi connectivity index (χ4n) is 1.31. The summed E-state index contributed by atoms with van der Waals surface area (Å²) in [6, 6.07) is 0. The largest absolute Gasteiger partial charge is 0.503 e. The van der Waals surface area contributed by atoms with Gasteiger partial charge in [0.15, 0.2) is 0 Å². The number of hydrogen-bond acceptors (Lipinski definition) is 7. The van der Waals surface area contributed by atoms with E-state index in [1.54, 1.807) is 0 Å². The van der Waals surface area contributed by atoms with Crippen molar-refractivity contribution in [2.24, 2.45) is 5.16 Å². The molecule has 10 heteroatoms. The van der Waals surface area contributed by atoms with Gasteiger partial charge >= 0.3 is 12.1 Å². The van der Waals surface area contributed by atoms with E-state index < -0.39 is 23.8 Å². The first-order valence-electron chi connectivity index (χ1n) is 5.76. The molecule has 0 atom stereocenters. The average molecular weight is 319 g/mol. The van der Waals surface area contributed by atoms with Crippen LogP contribution in [0.1, 0.15) is 18.3 Å². The maximum Gasteiger partial charge on any atom is 0.451 e. The van der Waals surface area contributed by atoms with Crippen LogP contribution in [0.2, 0.25) is 0 Å².